The fourth-order valence-corrected chi connectivity index (χ4v) is 2.47. The molecular weight excluding hydrogens is 266 g/mol. The molecule has 1 aliphatic heterocycles. The molecule has 21 heavy (non-hydrogen) atoms. The first-order chi connectivity index (χ1) is 10.4. The van der Waals surface area contributed by atoms with Crippen molar-refractivity contribution in [1.29, 1.82) is 0 Å². The third-order valence-corrected chi connectivity index (χ3v) is 3.50. The molecule has 0 unspecified atom stereocenters. The number of hydrogen-bond donors (Lipinski definition) is 2. The Kier molecular flexibility index (Phi) is 2.97. The molecule has 0 atom stereocenters. The van der Waals surface area contributed by atoms with Gasteiger partial charge in [0.25, 0.3) is 0 Å². The molecule has 0 saturated heterocycles. The average Bonchev–Trinajstić information content (AvgIpc) is 3.12. The first-order valence-corrected chi connectivity index (χ1v) is 6.91. The lowest BCUT2D eigenvalue weighted by atomic mass is 10.2. The zero-order valence-corrected chi connectivity index (χ0v) is 11.4. The molecule has 0 aliphatic carbocycles. The maximum absolute atomic E-state index is 5.38. The van der Waals surface area contributed by atoms with Crippen LogP contribution in [0.25, 0.3) is 11.0 Å². The van der Waals surface area contributed by atoms with Crippen LogP contribution in [0, 0.1) is 0 Å². The fraction of sp³-hybridized carbons (Fsp3) is 0.188. The second kappa shape index (κ2) is 5.10. The summed E-state index contributed by atoms with van der Waals surface area (Å²) in [7, 11) is 0. The second-order valence-corrected chi connectivity index (χ2v) is 4.99. The van der Waals surface area contributed by atoms with Crippen molar-refractivity contribution in [2.24, 2.45) is 0 Å². The van der Waals surface area contributed by atoms with Gasteiger partial charge in [-0.05, 0) is 29.8 Å². The zero-order chi connectivity index (χ0) is 14.1. The van der Waals surface area contributed by atoms with Gasteiger partial charge in [-0.2, -0.15) is 0 Å². The molecule has 0 radical (unpaired) electrons. The third-order valence-electron chi connectivity index (χ3n) is 3.50. The predicted octanol–water partition coefficient (Wildman–Crippen LogP) is 2.58. The van der Waals surface area contributed by atoms with Crippen LogP contribution in [-0.2, 0) is 13.1 Å². The Morgan fingerprint density at radius 2 is 1.95 bits per heavy atom. The smallest absolute Gasteiger partial charge is 0.231 e. The zero-order valence-electron chi connectivity index (χ0n) is 11.4. The van der Waals surface area contributed by atoms with E-state index < -0.39 is 0 Å². The molecule has 0 saturated carbocycles. The van der Waals surface area contributed by atoms with Crippen LogP contribution in [0.5, 0.6) is 11.5 Å². The molecule has 2 heterocycles. The Morgan fingerprint density at radius 3 is 2.90 bits per heavy atom. The Hall–Kier alpha value is -2.53. The van der Waals surface area contributed by atoms with Gasteiger partial charge >= 0.3 is 0 Å². The number of para-hydroxylation sites is 2. The summed E-state index contributed by atoms with van der Waals surface area (Å²) in [6, 6.07) is 14.0. The van der Waals surface area contributed by atoms with Crippen LogP contribution in [0.1, 0.15) is 11.4 Å². The number of nitrogens with zero attached hydrogens (tertiary/aromatic N) is 1. The van der Waals surface area contributed by atoms with Crippen molar-refractivity contribution in [3.05, 3.63) is 53.9 Å². The van der Waals surface area contributed by atoms with Crippen molar-refractivity contribution >= 4 is 11.0 Å². The van der Waals surface area contributed by atoms with E-state index in [1.165, 1.54) is 0 Å². The van der Waals surface area contributed by atoms with Crippen molar-refractivity contribution < 1.29 is 9.47 Å². The van der Waals surface area contributed by atoms with Crippen LogP contribution in [0.4, 0.5) is 0 Å². The molecule has 4 rings (SSSR count). The van der Waals surface area contributed by atoms with E-state index in [2.05, 4.69) is 15.3 Å². The van der Waals surface area contributed by atoms with E-state index >= 15 is 0 Å². The van der Waals surface area contributed by atoms with E-state index in [1.54, 1.807) is 0 Å². The summed E-state index contributed by atoms with van der Waals surface area (Å²) in [6.07, 6.45) is 0. The van der Waals surface area contributed by atoms with Gasteiger partial charge in [-0.1, -0.05) is 18.2 Å². The highest BCUT2D eigenvalue weighted by molar-refractivity contribution is 5.74. The Balaban J connectivity index is 1.41. The lowest BCUT2D eigenvalue weighted by molar-refractivity contribution is 0.174. The van der Waals surface area contributed by atoms with Gasteiger partial charge in [0.2, 0.25) is 6.79 Å². The Morgan fingerprint density at radius 1 is 1.05 bits per heavy atom. The maximum atomic E-state index is 5.38. The number of benzene rings is 2. The van der Waals surface area contributed by atoms with Crippen LogP contribution < -0.4 is 14.8 Å². The van der Waals surface area contributed by atoms with E-state index in [-0.39, 0.29) is 0 Å². The maximum Gasteiger partial charge on any atom is 0.231 e. The van der Waals surface area contributed by atoms with Gasteiger partial charge < -0.3 is 19.8 Å². The molecule has 5 heteroatoms. The van der Waals surface area contributed by atoms with Gasteiger partial charge in [-0.15, -0.1) is 0 Å². The molecule has 0 spiro atoms. The first-order valence-electron chi connectivity index (χ1n) is 6.91. The second-order valence-electron chi connectivity index (χ2n) is 4.99. The van der Waals surface area contributed by atoms with Crippen LogP contribution in [-0.4, -0.2) is 16.8 Å². The summed E-state index contributed by atoms with van der Waals surface area (Å²) in [4.78, 5) is 7.84. The molecule has 0 fully saturated rings. The molecule has 2 N–H and O–H groups in total. The molecule has 0 amide bonds. The summed E-state index contributed by atoms with van der Waals surface area (Å²) < 4.78 is 10.7. The standard InChI is InChI=1S/C16H15N3O2/c1-2-4-13-12(3-1)18-16(19-13)9-17-8-11-5-6-14-15(7-11)21-10-20-14/h1-7,17H,8-10H2,(H,18,19). The van der Waals surface area contributed by atoms with E-state index in [1.807, 2.05) is 42.5 Å². The predicted molar refractivity (Wildman–Crippen MR) is 79.2 cm³/mol. The topological polar surface area (TPSA) is 59.2 Å². The molecule has 1 aliphatic rings. The van der Waals surface area contributed by atoms with Crippen molar-refractivity contribution in [2.45, 2.75) is 13.1 Å². The fourth-order valence-electron chi connectivity index (χ4n) is 2.47. The minimum atomic E-state index is 0.311. The minimum absolute atomic E-state index is 0.311. The van der Waals surface area contributed by atoms with Crippen molar-refractivity contribution in [3.63, 3.8) is 0 Å². The molecule has 5 nitrogen and oxygen atoms in total. The number of H-pyrrole nitrogens is 1. The normalized spacial score (nSPS) is 13.0. The summed E-state index contributed by atoms with van der Waals surface area (Å²) in [5.74, 6) is 2.58. The Labute approximate surface area is 121 Å². The van der Waals surface area contributed by atoms with Crippen molar-refractivity contribution in [1.82, 2.24) is 15.3 Å². The lowest BCUT2D eigenvalue weighted by Crippen LogP contribution is -2.13. The highest BCUT2D eigenvalue weighted by atomic mass is 16.7. The lowest BCUT2D eigenvalue weighted by Gasteiger charge is -2.04. The number of nitrogens with one attached hydrogen (secondary N) is 2. The molecule has 0 bridgehead atoms. The third kappa shape index (κ3) is 2.43. The average molecular weight is 281 g/mol. The van der Waals surface area contributed by atoms with E-state index in [0.29, 0.717) is 13.3 Å². The summed E-state index contributed by atoms with van der Waals surface area (Å²) in [6.45, 7) is 1.77. The van der Waals surface area contributed by atoms with Gasteiger partial charge in [0.05, 0.1) is 17.6 Å². The van der Waals surface area contributed by atoms with Crippen LogP contribution in [0.2, 0.25) is 0 Å². The molecule has 1 aromatic heterocycles. The highest BCUT2D eigenvalue weighted by Crippen LogP contribution is 2.32. The number of rotatable bonds is 4. The quantitative estimate of drug-likeness (QED) is 0.771. The summed E-state index contributed by atoms with van der Waals surface area (Å²) in [5.41, 5.74) is 3.23. The Bertz CT molecular complexity index is 749. The van der Waals surface area contributed by atoms with Crippen LogP contribution >= 0.6 is 0 Å². The van der Waals surface area contributed by atoms with Gasteiger partial charge in [0.1, 0.15) is 5.82 Å². The van der Waals surface area contributed by atoms with Crippen LogP contribution in [0.3, 0.4) is 0 Å². The van der Waals surface area contributed by atoms with Gasteiger partial charge in [-0.3, -0.25) is 0 Å². The van der Waals surface area contributed by atoms with E-state index in [9.17, 15) is 0 Å². The van der Waals surface area contributed by atoms with Gasteiger partial charge in [0.15, 0.2) is 11.5 Å². The number of imidazole rings is 1. The number of fused-ring (bicyclic) bond motifs is 2. The molecule has 3 aromatic rings. The highest BCUT2D eigenvalue weighted by Gasteiger charge is 2.12. The number of aromatic nitrogens is 2. The van der Waals surface area contributed by atoms with Crippen LogP contribution in [0.15, 0.2) is 42.5 Å². The van der Waals surface area contributed by atoms with Gasteiger partial charge in [-0.25, -0.2) is 4.98 Å². The number of aromatic amines is 1. The molecule has 106 valence electrons. The van der Waals surface area contributed by atoms with E-state index in [0.717, 1.165) is 40.5 Å². The molecular formula is C16H15N3O2. The number of hydrogen-bond acceptors (Lipinski definition) is 4. The SMILES string of the molecule is c1ccc2[nH]c(CNCc3ccc4c(c3)OCO4)nc2c1. The van der Waals surface area contributed by atoms with Crippen molar-refractivity contribution in [2.75, 3.05) is 6.79 Å². The van der Waals surface area contributed by atoms with Crippen molar-refractivity contribution in [3.8, 4) is 11.5 Å². The number of ether oxygens (including phenoxy) is 2. The first kappa shape index (κ1) is 12.2. The summed E-state index contributed by atoms with van der Waals surface area (Å²) >= 11 is 0. The summed E-state index contributed by atoms with van der Waals surface area (Å²) in [5, 5.41) is 3.38. The largest absolute Gasteiger partial charge is 0.454 e. The monoisotopic (exact) mass is 281 g/mol. The minimum Gasteiger partial charge on any atom is -0.454 e. The molecule has 2 aromatic carbocycles. The van der Waals surface area contributed by atoms with Gasteiger partial charge in [0, 0.05) is 6.54 Å². The van der Waals surface area contributed by atoms with E-state index in [4.69, 9.17) is 9.47 Å².